The number of hydrogen-bond acceptors (Lipinski definition) is 3. The van der Waals surface area contributed by atoms with Gasteiger partial charge in [-0.05, 0) is 18.3 Å². The van der Waals surface area contributed by atoms with Crippen molar-refractivity contribution in [3.8, 4) is 0 Å². The second kappa shape index (κ2) is 4.53. The molecule has 2 rings (SSSR count). The Morgan fingerprint density at radius 1 is 1.44 bits per heavy atom. The zero-order valence-corrected chi connectivity index (χ0v) is 10.2. The van der Waals surface area contributed by atoms with E-state index in [1.54, 1.807) is 11.0 Å². The lowest BCUT2D eigenvalue weighted by atomic mass is 9.71. The highest BCUT2D eigenvalue weighted by Gasteiger charge is 2.34. The summed E-state index contributed by atoms with van der Waals surface area (Å²) in [6, 6.07) is 0. The van der Waals surface area contributed by atoms with E-state index >= 15 is 0 Å². The van der Waals surface area contributed by atoms with Crippen molar-refractivity contribution in [2.45, 2.75) is 51.6 Å². The Labute approximate surface area is 96.7 Å². The van der Waals surface area contributed by atoms with Gasteiger partial charge in [0.2, 0.25) is 0 Å². The third-order valence-corrected chi connectivity index (χ3v) is 3.98. The van der Waals surface area contributed by atoms with Crippen LogP contribution in [0.1, 0.15) is 44.9 Å². The Morgan fingerprint density at radius 2 is 2.12 bits per heavy atom. The van der Waals surface area contributed by atoms with Gasteiger partial charge in [-0.2, -0.15) is 5.10 Å². The van der Waals surface area contributed by atoms with Gasteiger partial charge in [0, 0.05) is 13.5 Å². The molecule has 1 aromatic rings. The summed E-state index contributed by atoms with van der Waals surface area (Å²) < 4.78 is 1.75. The van der Waals surface area contributed by atoms with Crippen molar-refractivity contribution in [3.05, 3.63) is 12.2 Å². The minimum Gasteiger partial charge on any atom is -0.392 e. The first-order chi connectivity index (χ1) is 7.62. The van der Waals surface area contributed by atoms with Crippen LogP contribution in [0.3, 0.4) is 0 Å². The molecule has 4 nitrogen and oxygen atoms in total. The lowest BCUT2D eigenvalue weighted by Crippen LogP contribution is -2.36. The first kappa shape index (κ1) is 11.6. The Kier molecular flexibility index (Phi) is 3.28. The van der Waals surface area contributed by atoms with Crippen molar-refractivity contribution < 1.29 is 5.11 Å². The first-order valence-corrected chi connectivity index (χ1v) is 6.13. The maximum atomic E-state index is 10.3. The van der Waals surface area contributed by atoms with Crippen LogP contribution in [-0.2, 0) is 13.5 Å². The van der Waals surface area contributed by atoms with Crippen LogP contribution in [0, 0.1) is 5.41 Å². The van der Waals surface area contributed by atoms with Crippen molar-refractivity contribution >= 4 is 0 Å². The average Bonchev–Trinajstić information content (AvgIpc) is 2.65. The minimum atomic E-state index is -0.296. The molecule has 0 aliphatic heterocycles. The van der Waals surface area contributed by atoms with Crippen molar-refractivity contribution in [2.24, 2.45) is 12.5 Å². The summed E-state index contributed by atoms with van der Waals surface area (Å²) >= 11 is 0. The summed E-state index contributed by atoms with van der Waals surface area (Å²) in [5.41, 5.74) is 0.0736. The highest BCUT2D eigenvalue weighted by atomic mass is 16.3. The second-order valence-corrected chi connectivity index (χ2v) is 5.23. The number of aromatic nitrogens is 3. The summed E-state index contributed by atoms with van der Waals surface area (Å²) in [7, 11) is 1.87. The summed E-state index contributed by atoms with van der Waals surface area (Å²) in [4.78, 5) is 4.17. The van der Waals surface area contributed by atoms with Crippen molar-refractivity contribution in [2.75, 3.05) is 0 Å². The third kappa shape index (κ3) is 2.26. The number of aliphatic hydroxyl groups is 1. The van der Waals surface area contributed by atoms with Gasteiger partial charge in [0.1, 0.15) is 12.2 Å². The van der Waals surface area contributed by atoms with E-state index in [1.165, 1.54) is 19.3 Å². The zero-order chi connectivity index (χ0) is 11.6. The maximum Gasteiger partial charge on any atom is 0.138 e. The monoisotopic (exact) mass is 223 g/mol. The Morgan fingerprint density at radius 3 is 2.69 bits per heavy atom. The molecule has 1 unspecified atom stereocenters. The smallest absolute Gasteiger partial charge is 0.138 e. The van der Waals surface area contributed by atoms with E-state index in [0.29, 0.717) is 6.42 Å². The number of hydrogen-bond donors (Lipinski definition) is 1. The van der Waals surface area contributed by atoms with E-state index in [2.05, 4.69) is 17.0 Å². The number of aryl methyl sites for hydroxylation is 1. The molecule has 0 bridgehead atoms. The summed E-state index contributed by atoms with van der Waals surface area (Å²) in [5, 5.41) is 14.4. The molecular weight excluding hydrogens is 202 g/mol. The Bertz CT molecular complexity index is 342. The van der Waals surface area contributed by atoms with E-state index in [9.17, 15) is 5.11 Å². The predicted octanol–water partition coefficient (Wildman–Crippen LogP) is 1.69. The fraction of sp³-hybridized carbons (Fsp3) is 0.833. The molecule has 1 N–H and O–H groups in total. The van der Waals surface area contributed by atoms with Gasteiger partial charge in [-0.3, -0.25) is 4.68 Å². The van der Waals surface area contributed by atoms with Gasteiger partial charge in [-0.15, -0.1) is 0 Å². The third-order valence-electron chi connectivity index (χ3n) is 3.98. The molecule has 0 aromatic carbocycles. The molecule has 0 amide bonds. The molecule has 16 heavy (non-hydrogen) atoms. The largest absolute Gasteiger partial charge is 0.392 e. The Balaban J connectivity index is 2.01. The molecule has 1 atom stereocenters. The predicted molar refractivity (Wildman–Crippen MR) is 61.9 cm³/mol. The molecule has 0 saturated heterocycles. The summed E-state index contributed by atoms with van der Waals surface area (Å²) in [6.07, 6.45) is 7.93. The topological polar surface area (TPSA) is 50.9 Å². The van der Waals surface area contributed by atoms with Gasteiger partial charge in [0.25, 0.3) is 0 Å². The van der Waals surface area contributed by atoms with Gasteiger partial charge in [-0.1, -0.05) is 26.2 Å². The molecule has 0 radical (unpaired) electrons. The van der Waals surface area contributed by atoms with Crippen LogP contribution in [0.2, 0.25) is 0 Å². The van der Waals surface area contributed by atoms with Crippen molar-refractivity contribution in [3.63, 3.8) is 0 Å². The Hall–Kier alpha value is -0.900. The lowest BCUT2D eigenvalue weighted by Gasteiger charge is -2.37. The molecule has 1 aliphatic rings. The number of nitrogens with zero attached hydrogens (tertiary/aromatic N) is 3. The highest BCUT2D eigenvalue weighted by Crippen LogP contribution is 2.39. The van der Waals surface area contributed by atoms with Gasteiger partial charge < -0.3 is 5.11 Å². The lowest BCUT2D eigenvalue weighted by molar-refractivity contribution is 0.00859. The van der Waals surface area contributed by atoms with Crippen molar-refractivity contribution in [1.29, 1.82) is 0 Å². The van der Waals surface area contributed by atoms with Crippen LogP contribution in [-0.4, -0.2) is 26.0 Å². The van der Waals surface area contributed by atoms with Crippen molar-refractivity contribution in [1.82, 2.24) is 14.8 Å². The molecule has 90 valence electrons. The molecule has 1 aliphatic carbocycles. The van der Waals surface area contributed by atoms with Gasteiger partial charge in [0.05, 0.1) is 6.10 Å². The van der Waals surface area contributed by atoms with Crippen LogP contribution < -0.4 is 0 Å². The summed E-state index contributed by atoms with van der Waals surface area (Å²) in [6.45, 7) is 2.20. The molecule has 0 spiro atoms. The molecular formula is C12H21N3O. The van der Waals surface area contributed by atoms with E-state index in [0.717, 1.165) is 18.7 Å². The highest BCUT2D eigenvalue weighted by molar-refractivity contribution is 4.93. The number of rotatable bonds is 3. The second-order valence-electron chi connectivity index (χ2n) is 5.23. The molecule has 4 heteroatoms. The van der Waals surface area contributed by atoms with E-state index in [-0.39, 0.29) is 11.5 Å². The van der Waals surface area contributed by atoms with Gasteiger partial charge in [0.15, 0.2) is 0 Å². The maximum absolute atomic E-state index is 10.3. The molecule has 1 heterocycles. The normalized spacial score (nSPS) is 21.9. The van der Waals surface area contributed by atoms with E-state index < -0.39 is 0 Å². The van der Waals surface area contributed by atoms with E-state index in [1.807, 2.05) is 7.05 Å². The van der Waals surface area contributed by atoms with Crippen LogP contribution in [0.15, 0.2) is 6.33 Å². The number of aliphatic hydroxyl groups excluding tert-OH is 1. The minimum absolute atomic E-state index is 0.0736. The molecule has 1 aromatic heterocycles. The SMILES string of the molecule is Cn1ncnc1CC(O)C1(C)CCCCC1. The fourth-order valence-corrected chi connectivity index (χ4v) is 2.62. The van der Waals surface area contributed by atoms with Crippen LogP contribution in [0.5, 0.6) is 0 Å². The van der Waals surface area contributed by atoms with E-state index in [4.69, 9.17) is 0 Å². The quantitative estimate of drug-likeness (QED) is 0.848. The van der Waals surface area contributed by atoms with Crippen LogP contribution in [0.4, 0.5) is 0 Å². The zero-order valence-electron chi connectivity index (χ0n) is 10.2. The fourth-order valence-electron chi connectivity index (χ4n) is 2.62. The van der Waals surface area contributed by atoms with Crippen LogP contribution in [0.25, 0.3) is 0 Å². The standard InChI is InChI=1S/C12H21N3O/c1-12(6-4-3-5-7-12)10(16)8-11-13-9-14-15(11)2/h9-10,16H,3-8H2,1-2H3. The van der Waals surface area contributed by atoms with Gasteiger partial charge in [-0.25, -0.2) is 4.98 Å². The van der Waals surface area contributed by atoms with Crippen LogP contribution >= 0.6 is 0 Å². The first-order valence-electron chi connectivity index (χ1n) is 6.13. The van der Waals surface area contributed by atoms with Gasteiger partial charge >= 0.3 is 0 Å². The average molecular weight is 223 g/mol. The molecule has 1 saturated carbocycles. The molecule has 1 fully saturated rings. The summed E-state index contributed by atoms with van der Waals surface area (Å²) in [5.74, 6) is 0.874.